The van der Waals surface area contributed by atoms with Crippen molar-refractivity contribution in [3.8, 4) is 23.0 Å². The normalized spacial score (nSPS) is 11.3. The van der Waals surface area contributed by atoms with Crippen molar-refractivity contribution < 1.29 is 27.4 Å². The summed E-state index contributed by atoms with van der Waals surface area (Å²) in [6.45, 7) is 0. The van der Waals surface area contributed by atoms with Gasteiger partial charge in [-0.05, 0) is 72.6 Å². The van der Waals surface area contributed by atoms with E-state index in [0.29, 0.717) is 39.3 Å². The SMILES string of the molecule is COc1ccc(Oc2ccc(Cl)cc2NC(=O)CCc2cc(S(=O)(=O)N(C)C)ccc2OC)cc1. The molecule has 0 saturated carbocycles. The van der Waals surface area contributed by atoms with Gasteiger partial charge in [-0.1, -0.05) is 11.6 Å². The van der Waals surface area contributed by atoms with E-state index in [2.05, 4.69) is 5.32 Å². The first-order valence-corrected chi connectivity index (χ1v) is 12.5. The Morgan fingerprint density at radius 3 is 2.20 bits per heavy atom. The summed E-state index contributed by atoms with van der Waals surface area (Å²) in [7, 11) is 2.38. The summed E-state index contributed by atoms with van der Waals surface area (Å²) in [4.78, 5) is 12.9. The van der Waals surface area contributed by atoms with Crippen LogP contribution in [0.25, 0.3) is 0 Å². The van der Waals surface area contributed by atoms with Crippen molar-refractivity contribution in [3.63, 3.8) is 0 Å². The Hall–Kier alpha value is -3.27. The van der Waals surface area contributed by atoms with Crippen LogP contribution in [0, 0.1) is 0 Å². The number of benzene rings is 3. The van der Waals surface area contributed by atoms with E-state index in [1.165, 1.54) is 33.3 Å². The number of carbonyl (C=O) groups is 1. The maximum absolute atomic E-state index is 12.8. The lowest BCUT2D eigenvalue weighted by atomic mass is 10.1. The van der Waals surface area contributed by atoms with Crippen LogP contribution in [0.4, 0.5) is 5.69 Å². The van der Waals surface area contributed by atoms with Crippen LogP contribution >= 0.6 is 11.6 Å². The first-order valence-electron chi connectivity index (χ1n) is 10.6. The van der Waals surface area contributed by atoms with Gasteiger partial charge in [0.25, 0.3) is 0 Å². The van der Waals surface area contributed by atoms with E-state index in [9.17, 15) is 13.2 Å². The minimum absolute atomic E-state index is 0.0797. The van der Waals surface area contributed by atoms with Crippen molar-refractivity contribution in [3.05, 3.63) is 71.2 Å². The molecule has 0 aliphatic rings. The largest absolute Gasteiger partial charge is 0.497 e. The van der Waals surface area contributed by atoms with Crippen LogP contribution < -0.4 is 19.5 Å². The molecule has 0 aliphatic carbocycles. The molecule has 0 aromatic heterocycles. The van der Waals surface area contributed by atoms with Gasteiger partial charge in [-0.25, -0.2) is 12.7 Å². The van der Waals surface area contributed by atoms with Gasteiger partial charge in [0.1, 0.15) is 17.2 Å². The molecule has 1 N–H and O–H groups in total. The Morgan fingerprint density at radius 2 is 1.57 bits per heavy atom. The van der Waals surface area contributed by atoms with Gasteiger partial charge in [-0.3, -0.25) is 4.79 Å². The molecule has 0 bridgehead atoms. The van der Waals surface area contributed by atoms with Crippen LogP contribution in [0.3, 0.4) is 0 Å². The fourth-order valence-corrected chi connectivity index (χ4v) is 4.37. The number of amides is 1. The quantitative estimate of drug-likeness (QED) is 0.407. The number of methoxy groups -OCH3 is 2. The molecular weight excluding hydrogens is 492 g/mol. The minimum atomic E-state index is -3.62. The number of anilines is 1. The Balaban J connectivity index is 1.75. The Labute approximate surface area is 210 Å². The number of nitrogens with one attached hydrogen (secondary N) is 1. The Morgan fingerprint density at radius 1 is 0.914 bits per heavy atom. The predicted octanol–water partition coefficient (Wildman–Crippen LogP) is 4.97. The molecule has 0 aliphatic heterocycles. The molecular formula is C25H27ClN2O6S. The first-order chi connectivity index (χ1) is 16.6. The summed E-state index contributed by atoms with van der Waals surface area (Å²) in [6, 6.07) is 16.6. The summed E-state index contributed by atoms with van der Waals surface area (Å²) in [5.41, 5.74) is 1.01. The number of hydrogen-bond donors (Lipinski definition) is 1. The highest BCUT2D eigenvalue weighted by Crippen LogP contribution is 2.33. The molecule has 0 saturated heterocycles. The van der Waals surface area contributed by atoms with Gasteiger partial charge >= 0.3 is 0 Å². The van der Waals surface area contributed by atoms with Gasteiger partial charge in [0.05, 0.1) is 24.8 Å². The molecule has 8 nitrogen and oxygen atoms in total. The van der Waals surface area contributed by atoms with Gasteiger partial charge < -0.3 is 19.5 Å². The minimum Gasteiger partial charge on any atom is -0.497 e. The second-order valence-corrected chi connectivity index (χ2v) is 10.3. The third kappa shape index (κ3) is 6.66. The van der Waals surface area contributed by atoms with Crippen molar-refractivity contribution in [1.82, 2.24) is 4.31 Å². The fraction of sp³-hybridized carbons (Fsp3) is 0.240. The number of ether oxygens (including phenoxy) is 3. The van der Waals surface area contributed by atoms with Crippen LogP contribution in [0.1, 0.15) is 12.0 Å². The lowest BCUT2D eigenvalue weighted by Gasteiger charge is -2.15. The number of rotatable bonds is 10. The molecule has 35 heavy (non-hydrogen) atoms. The Bertz CT molecular complexity index is 1290. The zero-order valence-electron chi connectivity index (χ0n) is 19.9. The van der Waals surface area contributed by atoms with Gasteiger partial charge in [-0.15, -0.1) is 0 Å². The maximum Gasteiger partial charge on any atom is 0.242 e. The molecule has 3 aromatic carbocycles. The number of aryl methyl sites for hydroxylation is 1. The molecule has 10 heteroatoms. The summed E-state index contributed by atoms with van der Waals surface area (Å²) < 4.78 is 42.5. The molecule has 0 atom stereocenters. The van der Waals surface area contributed by atoms with Gasteiger partial charge in [0.15, 0.2) is 5.75 Å². The lowest BCUT2D eigenvalue weighted by molar-refractivity contribution is -0.116. The highest BCUT2D eigenvalue weighted by atomic mass is 35.5. The van der Waals surface area contributed by atoms with Crippen LogP contribution in [-0.2, 0) is 21.2 Å². The second kappa shape index (κ2) is 11.4. The van der Waals surface area contributed by atoms with Crippen LogP contribution in [0.15, 0.2) is 65.6 Å². The average Bonchev–Trinajstić information content (AvgIpc) is 2.84. The molecule has 1 amide bonds. The second-order valence-electron chi connectivity index (χ2n) is 7.73. The fourth-order valence-electron chi connectivity index (χ4n) is 3.24. The highest BCUT2D eigenvalue weighted by molar-refractivity contribution is 7.89. The van der Waals surface area contributed by atoms with E-state index in [1.807, 2.05) is 0 Å². The van der Waals surface area contributed by atoms with Crippen molar-refractivity contribution >= 4 is 33.2 Å². The number of hydrogen-bond acceptors (Lipinski definition) is 6. The zero-order valence-corrected chi connectivity index (χ0v) is 21.4. The highest BCUT2D eigenvalue weighted by Gasteiger charge is 2.19. The van der Waals surface area contributed by atoms with Gasteiger partial charge in [0.2, 0.25) is 15.9 Å². The monoisotopic (exact) mass is 518 g/mol. The first kappa shape index (κ1) is 26.3. The molecule has 0 heterocycles. The number of nitrogens with zero attached hydrogens (tertiary/aromatic N) is 1. The molecule has 0 radical (unpaired) electrons. The van der Waals surface area contributed by atoms with E-state index in [4.69, 9.17) is 25.8 Å². The summed E-state index contributed by atoms with van der Waals surface area (Å²) in [5.74, 6) is 1.88. The van der Waals surface area contributed by atoms with E-state index in [-0.39, 0.29) is 23.6 Å². The maximum atomic E-state index is 12.8. The van der Waals surface area contributed by atoms with E-state index < -0.39 is 10.0 Å². The average molecular weight is 519 g/mol. The van der Waals surface area contributed by atoms with Crippen molar-refractivity contribution in [2.24, 2.45) is 0 Å². The third-order valence-corrected chi connectivity index (χ3v) is 7.20. The van der Waals surface area contributed by atoms with Crippen molar-refractivity contribution in [1.29, 1.82) is 0 Å². The van der Waals surface area contributed by atoms with E-state index in [1.54, 1.807) is 55.6 Å². The van der Waals surface area contributed by atoms with Crippen LogP contribution in [0.5, 0.6) is 23.0 Å². The van der Waals surface area contributed by atoms with E-state index in [0.717, 1.165) is 4.31 Å². The molecule has 3 rings (SSSR count). The van der Waals surface area contributed by atoms with Crippen molar-refractivity contribution in [2.75, 3.05) is 33.6 Å². The summed E-state index contributed by atoms with van der Waals surface area (Å²) in [5, 5.41) is 3.26. The van der Waals surface area contributed by atoms with Crippen molar-refractivity contribution in [2.45, 2.75) is 17.7 Å². The number of carbonyl (C=O) groups excluding carboxylic acids is 1. The standard InChI is InChI=1S/C25H27ClN2O6S/c1-28(2)35(30,31)21-11-13-23(33-4)17(15-21)5-14-25(29)27-22-16-18(26)6-12-24(22)34-20-9-7-19(32-3)8-10-20/h6-13,15-16H,5,14H2,1-4H3,(H,27,29). The summed E-state index contributed by atoms with van der Waals surface area (Å²) >= 11 is 6.14. The zero-order chi connectivity index (χ0) is 25.6. The van der Waals surface area contributed by atoms with Gasteiger partial charge in [-0.2, -0.15) is 0 Å². The van der Waals surface area contributed by atoms with Crippen LogP contribution in [0.2, 0.25) is 5.02 Å². The molecule has 0 spiro atoms. The number of sulfonamides is 1. The third-order valence-electron chi connectivity index (χ3n) is 5.15. The Kier molecular flexibility index (Phi) is 8.61. The molecule has 0 fully saturated rings. The molecule has 186 valence electrons. The summed E-state index contributed by atoms with van der Waals surface area (Å²) in [6.07, 6.45) is 0.345. The van der Waals surface area contributed by atoms with Crippen LogP contribution in [-0.4, -0.2) is 46.9 Å². The predicted molar refractivity (Wildman–Crippen MR) is 135 cm³/mol. The van der Waals surface area contributed by atoms with Gasteiger partial charge in [0, 0.05) is 25.5 Å². The van der Waals surface area contributed by atoms with E-state index >= 15 is 0 Å². The smallest absolute Gasteiger partial charge is 0.242 e. The molecule has 3 aromatic rings. The molecule has 0 unspecified atom stereocenters. The number of halogens is 1. The topological polar surface area (TPSA) is 94.2 Å². The lowest BCUT2D eigenvalue weighted by Crippen LogP contribution is -2.22.